The van der Waals surface area contributed by atoms with Gasteiger partial charge in [-0.1, -0.05) is 0 Å². The van der Waals surface area contributed by atoms with E-state index < -0.39 is 17.7 Å². The van der Waals surface area contributed by atoms with Gasteiger partial charge in [0.15, 0.2) is 0 Å². The van der Waals surface area contributed by atoms with Crippen LogP contribution < -0.4 is 4.74 Å². The van der Waals surface area contributed by atoms with Crippen molar-refractivity contribution in [3.63, 3.8) is 0 Å². The number of fused-ring (bicyclic) bond motifs is 1. The van der Waals surface area contributed by atoms with Crippen LogP contribution in [0.4, 0.5) is 0 Å². The molecule has 1 aromatic carbocycles. The zero-order valence-corrected chi connectivity index (χ0v) is 11.5. The number of ether oxygens (including phenoxy) is 1. The molecule has 3 N–H and O–H groups in total. The molecule has 1 aliphatic rings. The van der Waals surface area contributed by atoms with Gasteiger partial charge in [0.25, 0.3) is 0 Å². The molecule has 5 heteroatoms. The fourth-order valence-corrected chi connectivity index (χ4v) is 2.64. The minimum atomic E-state index is -0.796. The third-order valence-electron chi connectivity index (χ3n) is 3.68. The molecular weight excluding hydrogens is 260 g/mol. The molecule has 0 saturated carbocycles. The second-order valence-electron chi connectivity index (χ2n) is 5.59. The predicted molar refractivity (Wildman–Crippen MR) is 72.8 cm³/mol. The van der Waals surface area contributed by atoms with E-state index in [1.165, 1.54) is 12.1 Å². The van der Waals surface area contributed by atoms with Crippen LogP contribution in [0.3, 0.4) is 0 Å². The average molecular weight is 280 g/mol. The highest BCUT2D eigenvalue weighted by Gasteiger charge is 2.36. The monoisotopic (exact) mass is 280 g/mol. The van der Waals surface area contributed by atoms with Crippen LogP contribution in [0.25, 0.3) is 0 Å². The molecule has 2 rings (SSSR count). The zero-order chi connectivity index (χ0) is 14.8. The molecule has 0 aromatic heterocycles. The van der Waals surface area contributed by atoms with Crippen molar-refractivity contribution in [2.45, 2.75) is 50.7 Å². The first-order valence-electron chi connectivity index (χ1n) is 6.81. The second kappa shape index (κ2) is 5.71. The molecule has 0 spiro atoms. The molecule has 5 nitrogen and oxygen atoms in total. The van der Waals surface area contributed by atoms with Gasteiger partial charge in [-0.25, -0.2) is 0 Å². The largest absolute Gasteiger partial charge is 0.508 e. The summed E-state index contributed by atoms with van der Waals surface area (Å²) < 4.78 is 5.91. The Balaban J connectivity index is 2.02. The highest BCUT2D eigenvalue weighted by atomic mass is 16.5. The van der Waals surface area contributed by atoms with Gasteiger partial charge in [0.1, 0.15) is 17.1 Å². The SMILES string of the molecule is CC1(CCCCC(=O)O)CC(O)c2ccc(O)cc2O1. The lowest BCUT2D eigenvalue weighted by molar-refractivity contribution is -0.137. The van der Waals surface area contributed by atoms with Crippen LogP contribution in [0.2, 0.25) is 0 Å². The van der Waals surface area contributed by atoms with Gasteiger partial charge in [-0.15, -0.1) is 0 Å². The van der Waals surface area contributed by atoms with Crippen molar-refractivity contribution >= 4 is 5.97 Å². The summed E-state index contributed by atoms with van der Waals surface area (Å²) in [4.78, 5) is 10.5. The summed E-state index contributed by atoms with van der Waals surface area (Å²) in [5.41, 5.74) is 0.157. The fourth-order valence-electron chi connectivity index (χ4n) is 2.64. The van der Waals surface area contributed by atoms with Crippen molar-refractivity contribution in [1.82, 2.24) is 0 Å². The molecule has 1 aliphatic heterocycles. The van der Waals surface area contributed by atoms with E-state index in [0.717, 1.165) is 6.42 Å². The lowest BCUT2D eigenvalue weighted by Gasteiger charge is -2.38. The van der Waals surface area contributed by atoms with Crippen LogP contribution in [0.15, 0.2) is 18.2 Å². The standard InChI is InChI=1S/C15H20O5/c1-15(7-3-2-4-14(18)19)9-12(17)11-6-5-10(16)8-13(11)20-15/h5-6,8,12,16-17H,2-4,7,9H2,1H3,(H,18,19). The number of aliphatic carboxylic acids is 1. The van der Waals surface area contributed by atoms with Crippen molar-refractivity contribution < 1.29 is 24.9 Å². The van der Waals surface area contributed by atoms with Gasteiger partial charge in [-0.3, -0.25) is 4.79 Å². The zero-order valence-electron chi connectivity index (χ0n) is 11.5. The second-order valence-corrected chi connectivity index (χ2v) is 5.59. The number of carboxylic acids is 1. The molecule has 0 radical (unpaired) electrons. The first kappa shape index (κ1) is 14.7. The van der Waals surface area contributed by atoms with Crippen molar-refractivity contribution in [2.75, 3.05) is 0 Å². The number of phenols is 1. The number of aromatic hydroxyl groups is 1. The molecule has 2 unspecified atom stereocenters. The Labute approximate surface area is 117 Å². The van der Waals surface area contributed by atoms with E-state index in [2.05, 4.69) is 0 Å². The van der Waals surface area contributed by atoms with Gasteiger partial charge < -0.3 is 20.1 Å². The summed E-state index contributed by atoms with van der Waals surface area (Å²) in [6, 6.07) is 4.70. The van der Waals surface area contributed by atoms with Crippen molar-refractivity contribution in [1.29, 1.82) is 0 Å². The lowest BCUT2D eigenvalue weighted by Crippen LogP contribution is -2.38. The molecule has 0 saturated heterocycles. The number of carbonyl (C=O) groups is 1. The number of aliphatic hydroxyl groups excluding tert-OH is 1. The van der Waals surface area contributed by atoms with Crippen molar-refractivity contribution in [3.8, 4) is 11.5 Å². The Morgan fingerprint density at radius 2 is 2.20 bits per heavy atom. The van der Waals surface area contributed by atoms with E-state index in [4.69, 9.17) is 9.84 Å². The van der Waals surface area contributed by atoms with E-state index in [9.17, 15) is 15.0 Å². The summed E-state index contributed by atoms with van der Waals surface area (Å²) in [6.07, 6.45) is 1.99. The van der Waals surface area contributed by atoms with E-state index in [1.54, 1.807) is 6.07 Å². The van der Waals surface area contributed by atoms with E-state index in [-0.39, 0.29) is 12.2 Å². The molecular formula is C15H20O5. The van der Waals surface area contributed by atoms with E-state index >= 15 is 0 Å². The van der Waals surface area contributed by atoms with Gasteiger partial charge in [0.2, 0.25) is 0 Å². The summed E-state index contributed by atoms with van der Waals surface area (Å²) >= 11 is 0. The highest BCUT2D eigenvalue weighted by molar-refractivity contribution is 5.66. The summed E-state index contributed by atoms with van der Waals surface area (Å²) in [5.74, 6) is -0.189. The normalized spacial score (nSPS) is 24.8. The molecule has 0 aliphatic carbocycles. The molecule has 2 atom stereocenters. The van der Waals surface area contributed by atoms with Gasteiger partial charge >= 0.3 is 5.97 Å². The number of unbranched alkanes of at least 4 members (excludes halogenated alkanes) is 1. The van der Waals surface area contributed by atoms with Gasteiger partial charge in [0, 0.05) is 24.5 Å². The number of carboxylic acid groups (broad SMARTS) is 1. The molecule has 0 amide bonds. The Kier molecular flexibility index (Phi) is 4.18. The van der Waals surface area contributed by atoms with Gasteiger partial charge in [-0.2, -0.15) is 0 Å². The first-order chi connectivity index (χ1) is 9.39. The van der Waals surface area contributed by atoms with Crippen LogP contribution in [-0.4, -0.2) is 26.9 Å². The van der Waals surface area contributed by atoms with Crippen LogP contribution in [0.5, 0.6) is 11.5 Å². The summed E-state index contributed by atoms with van der Waals surface area (Å²) in [5, 5.41) is 28.3. The smallest absolute Gasteiger partial charge is 0.303 e. The number of aliphatic hydroxyl groups is 1. The van der Waals surface area contributed by atoms with Gasteiger partial charge in [0.05, 0.1) is 6.10 Å². The topological polar surface area (TPSA) is 87.0 Å². The summed E-state index contributed by atoms with van der Waals surface area (Å²) in [7, 11) is 0. The molecule has 20 heavy (non-hydrogen) atoms. The lowest BCUT2D eigenvalue weighted by atomic mass is 9.86. The molecule has 0 fully saturated rings. The molecule has 0 bridgehead atoms. The summed E-state index contributed by atoms with van der Waals surface area (Å²) in [6.45, 7) is 1.91. The van der Waals surface area contributed by atoms with Gasteiger partial charge in [-0.05, 0) is 38.3 Å². The van der Waals surface area contributed by atoms with Crippen LogP contribution >= 0.6 is 0 Å². The maximum Gasteiger partial charge on any atom is 0.303 e. The van der Waals surface area contributed by atoms with Crippen LogP contribution in [-0.2, 0) is 4.79 Å². The quantitative estimate of drug-likeness (QED) is 0.722. The van der Waals surface area contributed by atoms with Crippen LogP contribution in [0, 0.1) is 0 Å². The molecule has 1 heterocycles. The van der Waals surface area contributed by atoms with Crippen molar-refractivity contribution in [2.24, 2.45) is 0 Å². The molecule has 110 valence electrons. The minimum absolute atomic E-state index is 0.103. The Morgan fingerprint density at radius 3 is 2.90 bits per heavy atom. The average Bonchev–Trinajstić information content (AvgIpc) is 2.33. The number of benzene rings is 1. The minimum Gasteiger partial charge on any atom is -0.508 e. The fraction of sp³-hybridized carbons (Fsp3) is 0.533. The third-order valence-corrected chi connectivity index (χ3v) is 3.68. The maximum atomic E-state index is 10.5. The number of rotatable bonds is 5. The third kappa shape index (κ3) is 3.42. The van der Waals surface area contributed by atoms with E-state index in [0.29, 0.717) is 30.6 Å². The molecule has 1 aromatic rings. The Hall–Kier alpha value is -1.75. The van der Waals surface area contributed by atoms with Crippen LogP contribution in [0.1, 0.15) is 50.7 Å². The highest BCUT2D eigenvalue weighted by Crippen LogP contribution is 2.42. The predicted octanol–water partition coefficient (Wildman–Crippen LogP) is 2.61. The van der Waals surface area contributed by atoms with E-state index in [1.807, 2.05) is 6.92 Å². The maximum absolute atomic E-state index is 10.5. The Bertz CT molecular complexity index is 499. The van der Waals surface area contributed by atoms with Crippen molar-refractivity contribution in [3.05, 3.63) is 23.8 Å². The number of phenolic OH excluding ortho intramolecular Hbond substituents is 1. The number of hydrogen-bond acceptors (Lipinski definition) is 4. The number of hydrogen-bond donors (Lipinski definition) is 3. The Morgan fingerprint density at radius 1 is 1.45 bits per heavy atom. The first-order valence-corrected chi connectivity index (χ1v) is 6.81.